The summed E-state index contributed by atoms with van der Waals surface area (Å²) in [5.41, 5.74) is 20.3. The second-order valence-electron chi connectivity index (χ2n) is 20.5. The zero-order chi connectivity index (χ0) is 53.2. The van der Waals surface area contributed by atoms with Crippen LogP contribution in [-0.2, 0) is 0 Å². The summed E-state index contributed by atoms with van der Waals surface area (Å²) in [7, 11) is 0. The fraction of sp³-hybridized carbons (Fsp3) is 0. The van der Waals surface area contributed by atoms with Crippen molar-refractivity contribution in [2.45, 2.75) is 0 Å². The molecule has 14 rings (SSSR count). The Balaban J connectivity index is 0.995. The number of rotatable bonds is 12. The average molecular weight is 1020 g/mol. The Kier molecular flexibility index (Phi) is 12.6. The van der Waals surface area contributed by atoms with E-state index in [4.69, 9.17) is 0 Å². The predicted molar refractivity (Wildman–Crippen MR) is 341 cm³/mol. The molecule has 0 amide bonds. The van der Waals surface area contributed by atoms with Crippen LogP contribution >= 0.6 is 0 Å². The molecule has 0 radical (unpaired) electrons. The van der Waals surface area contributed by atoms with E-state index in [1.165, 1.54) is 54.9 Å². The maximum atomic E-state index is 2.45. The quantitative estimate of drug-likeness (QED) is 0.120. The highest BCUT2D eigenvalue weighted by Gasteiger charge is 2.24. The Hall–Kier alpha value is -10.5. The van der Waals surface area contributed by atoms with Gasteiger partial charge < -0.3 is 9.80 Å². The topological polar surface area (TPSA) is 6.48 Å². The van der Waals surface area contributed by atoms with Crippen LogP contribution in [-0.4, -0.2) is 0 Å². The first-order valence-corrected chi connectivity index (χ1v) is 27.5. The fourth-order valence-corrected chi connectivity index (χ4v) is 11.7. The van der Waals surface area contributed by atoms with Gasteiger partial charge in [0, 0.05) is 33.9 Å². The highest BCUT2D eigenvalue weighted by molar-refractivity contribution is 6.05. The Morgan fingerprint density at radius 1 is 0.163 bits per heavy atom. The number of fused-ring (bicyclic) bond motifs is 3. The molecule has 2 heteroatoms. The molecule has 0 aliphatic carbocycles. The first-order valence-electron chi connectivity index (χ1n) is 27.5. The van der Waals surface area contributed by atoms with Gasteiger partial charge in [-0.15, -0.1) is 0 Å². The number of benzene rings is 14. The fourth-order valence-electron chi connectivity index (χ4n) is 11.7. The Bertz CT molecular complexity index is 4190. The van der Waals surface area contributed by atoms with Gasteiger partial charge >= 0.3 is 0 Å². The van der Waals surface area contributed by atoms with Gasteiger partial charge in [-0.05, 0) is 161 Å². The molecule has 0 aliphatic rings. The van der Waals surface area contributed by atoms with Gasteiger partial charge in [0.25, 0.3) is 0 Å². The van der Waals surface area contributed by atoms with Crippen LogP contribution in [0.15, 0.2) is 328 Å². The SMILES string of the molecule is c1ccc(-c2cccc(N(c3ccc(-c4cccc5ccccc45)cc3)c3cc4cc(-c5ccccc5)c(N(c5ccc(-c6cccc7ccccc67)cc5)c5cccc(-c6ccccc6)c5)cc4cc3-c3ccccc3)c2)cc1. The third-order valence-electron chi connectivity index (χ3n) is 15.6. The van der Waals surface area contributed by atoms with Crippen molar-refractivity contribution in [1.29, 1.82) is 0 Å². The molecular weight excluding hydrogens is 965 g/mol. The molecule has 2 nitrogen and oxygen atoms in total. The third kappa shape index (κ3) is 9.25. The van der Waals surface area contributed by atoms with E-state index in [1.807, 2.05) is 0 Å². The van der Waals surface area contributed by atoms with Crippen LogP contribution in [0, 0.1) is 0 Å². The van der Waals surface area contributed by atoms with Crippen LogP contribution in [0.5, 0.6) is 0 Å². The molecule has 0 bridgehead atoms. The van der Waals surface area contributed by atoms with Gasteiger partial charge in [-0.3, -0.25) is 0 Å². The molecular formula is C78H54N2. The smallest absolute Gasteiger partial charge is 0.0546 e. The van der Waals surface area contributed by atoms with Crippen molar-refractivity contribution < 1.29 is 0 Å². The minimum Gasteiger partial charge on any atom is -0.310 e. The number of hydrogen-bond donors (Lipinski definition) is 0. The third-order valence-corrected chi connectivity index (χ3v) is 15.6. The minimum atomic E-state index is 1.06. The van der Waals surface area contributed by atoms with Crippen molar-refractivity contribution in [2.75, 3.05) is 9.80 Å². The van der Waals surface area contributed by atoms with E-state index in [2.05, 4.69) is 337 Å². The van der Waals surface area contributed by atoms with E-state index in [9.17, 15) is 0 Å². The zero-order valence-corrected chi connectivity index (χ0v) is 44.1. The van der Waals surface area contributed by atoms with Gasteiger partial charge in [0.05, 0.1) is 11.4 Å². The van der Waals surface area contributed by atoms with Crippen LogP contribution in [0.3, 0.4) is 0 Å². The summed E-state index contributed by atoms with van der Waals surface area (Å²) in [6.45, 7) is 0. The molecule has 0 saturated heterocycles. The van der Waals surface area contributed by atoms with Crippen molar-refractivity contribution in [3.05, 3.63) is 328 Å². The summed E-state index contributed by atoms with van der Waals surface area (Å²) in [5, 5.41) is 7.20. The van der Waals surface area contributed by atoms with Gasteiger partial charge in [0.2, 0.25) is 0 Å². The summed E-state index contributed by atoms with van der Waals surface area (Å²) in [6.07, 6.45) is 0. The van der Waals surface area contributed by atoms with Crippen molar-refractivity contribution in [3.8, 4) is 66.8 Å². The zero-order valence-electron chi connectivity index (χ0n) is 44.1. The van der Waals surface area contributed by atoms with Gasteiger partial charge in [-0.25, -0.2) is 0 Å². The predicted octanol–water partition coefficient (Wildman–Crippen LogP) is 22.1. The van der Waals surface area contributed by atoms with Gasteiger partial charge in [-0.2, -0.15) is 0 Å². The van der Waals surface area contributed by atoms with Crippen LogP contribution in [0.1, 0.15) is 0 Å². The second-order valence-corrected chi connectivity index (χ2v) is 20.5. The Labute approximate surface area is 468 Å². The highest BCUT2D eigenvalue weighted by Crippen LogP contribution is 2.49. The van der Waals surface area contributed by atoms with E-state index in [-0.39, 0.29) is 0 Å². The molecule has 0 atom stereocenters. The van der Waals surface area contributed by atoms with Crippen molar-refractivity contribution in [1.82, 2.24) is 0 Å². The normalized spacial score (nSPS) is 11.2. The summed E-state index contributed by atoms with van der Waals surface area (Å²) < 4.78 is 0. The number of nitrogens with zero attached hydrogens (tertiary/aromatic N) is 2. The lowest BCUT2D eigenvalue weighted by atomic mass is 9.93. The lowest BCUT2D eigenvalue weighted by Gasteiger charge is -2.31. The molecule has 14 aromatic rings. The van der Waals surface area contributed by atoms with Crippen molar-refractivity contribution >= 4 is 66.4 Å². The molecule has 80 heavy (non-hydrogen) atoms. The van der Waals surface area contributed by atoms with Gasteiger partial charge in [0.15, 0.2) is 0 Å². The van der Waals surface area contributed by atoms with E-state index in [1.54, 1.807) is 0 Å². The molecule has 0 fully saturated rings. The average Bonchev–Trinajstić information content (AvgIpc) is 3.57. The molecule has 0 unspecified atom stereocenters. The van der Waals surface area contributed by atoms with Gasteiger partial charge in [-0.1, -0.05) is 255 Å². The van der Waals surface area contributed by atoms with E-state index in [0.29, 0.717) is 0 Å². The number of anilines is 6. The van der Waals surface area contributed by atoms with E-state index in [0.717, 1.165) is 78.3 Å². The molecule has 0 aromatic heterocycles. The molecule has 376 valence electrons. The van der Waals surface area contributed by atoms with Crippen LogP contribution in [0.25, 0.3) is 99.1 Å². The Morgan fingerprint density at radius 2 is 0.475 bits per heavy atom. The lowest BCUT2D eigenvalue weighted by Crippen LogP contribution is -2.13. The molecule has 0 saturated carbocycles. The van der Waals surface area contributed by atoms with Crippen LogP contribution in [0.2, 0.25) is 0 Å². The van der Waals surface area contributed by atoms with Gasteiger partial charge in [0.1, 0.15) is 0 Å². The molecule has 14 aromatic carbocycles. The molecule has 0 heterocycles. The molecule has 0 aliphatic heterocycles. The summed E-state index contributed by atoms with van der Waals surface area (Å²) in [6, 6.07) is 120. The highest BCUT2D eigenvalue weighted by atomic mass is 15.2. The van der Waals surface area contributed by atoms with E-state index >= 15 is 0 Å². The first kappa shape index (κ1) is 47.9. The Morgan fingerprint density at radius 3 is 0.875 bits per heavy atom. The summed E-state index contributed by atoms with van der Waals surface area (Å²) in [5.74, 6) is 0. The lowest BCUT2D eigenvalue weighted by molar-refractivity contribution is 1.28. The second kappa shape index (κ2) is 21.1. The van der Waals surface area contributed by atoms with Crippen LogP contribution in [0.4, 0.5) is 34.1 Å². The molecule has 0 N–H and O–H groups in total. The molecule has 0 spiro atoms. The number of hydrogen-bond acceptors (Lipinski definition) is 2. The van der Waals surface area contributed by atoms with E-state index < -0.39 is 0 Å². The van der Waals surface area contributed by atoms with Crippen LogP contribution < -0.4 is 9.80 Å². The maximum absolute atomic E-state index is 2.45. The van der Waals surface area contributed by atoms with Crippen molar-refractivity contribution in [3.63, 3.8) is 0 Å². The monoisotopic (exact) mass is 1020 g/mol. The maximum Gasteiger partial charge on any atom is 0.0546 e. The van der Waals surface area contributed by atoms with Crippen molar-refractivity contribution in [2.24, 2.45) is 0 Å². The largest absolute Gasteiger partial charge is 0.310 e. The summed E-state index contributed by atoms with van der Waals surface area (Å²) in [4.78, 5) is 4.91. The summed E-state index contributed by atoms with van der Waals surface area (Å²) >= 11 is 0. The standard InChI is InChI=1S/C78H54N2/c1-5-21-55(22-6-1)63-33-17-35-69(49-63)79(67-45-41-61(42-46-67)73-39-19-31-57-29-13-15-37-71(57)73)77-53-65-52-76(60-27-11-4-12-28-60)78(54-66(65)51-75(77)59-25-9-3-10-26-59)80(70-36-18-34-64(50-70)56-23-7-2-8-24-56)68-47-43-62(44-48-68)74-40-20-32-58-30-14-16-38-72(58)74/h1-54H. The first-order chi connectivity index (χ1) is 39.7. The minimum absolute atomic E-state index is 1.06.